The van der Waals surface area contributed by atoms with Crippen LogP contribution in [0.25, 0.3) is 0 Å². The second kappa shape index (κ2) is 7.54. The Morgan fingerprint density at radius 1 is 1.12 bits per heavy atom. The Morgan fingerprint density at radius 2 is 1.88 bits per heavy atom. The molecule has 0 radical (unpaired) electrons. The van der Waals surface area contributed by atoms with Crippen molar-refractivity contribution in [3.8, 4) is 17.2 Å². The molecule has 4 nitrogen and oxygen atoms in total. The van der Waals surface area contributed by atoms with Gasteiger partial charge >= 0.3 is 0 Å². The van der Waals surface area contributed by atoms with Crippen molar-refractivity contribution in [3.05, 3.63) is 51.5 Å². The van der Waals surface area contributed by atoms with Crippen molar-refractivity contribution < 1.29 is 14.2 Å². The van der Waals surface area contributed by atoms with Gasteiger partial charge in [-0.05, 0) is 49.6 Å². The Kier molecular flexibility index (Phi) is 5.40. The van der Waals surface area contributed by atoms with Gasteiger partial charge in [-0.3, -0.25) is 0 Å². The molecule has 3 rings (SSSR count). The summed E-state index contributed by atoms with van der Waals surface area (Å²) in [5.74, 6) is 2.45. The van der Waals surface area contributed by atoms with E-state index in [1.807, 2.05) is 32.0 Å². The highest BCUT2D eigenvalue weighted by Crippen LogP contribution is 2.42. The van der Waals surface area contributed by atoms with Crippen molar-refractivity contribution in [2.45, 2.75) is 26.3 Å². The third kappa shape index (κ3) is 3.29. The van der Waals surface area contributed by atoms with Crippen LogP contribution in [0.2, 0.25) is 5.02 Å². The van der Waals surface area contributed by atoms with Gasteiger partial charge in [0, 0.05) is 22.7 Å². The first-order valence-corrected chi connectivity index (χ1v) is 8.88. The highest BCUT2D eigenvalue weighted by Gasteiger charge is 2.28. The maximum Gasteiger partial charge on any atom is 0.164 e. The molecule has 2 aromatic rings. The van der Waals surface area contributed by atoms with Gasteiger partial charge in [-0.25, -0.2) is 0 Å². The second-order valence-electron chi connectivity index (χ2n) is 6.08. The van der Waals surface area contributed by atoms with Crippen LogP contribution in [0.4, 0.5) is 0 Å². The first kappa shape index (κ1) is 17.9. The molecular formula is C20H24ClNO3. The fourth-order valence-corrected chi connectivity index (χ4v) is 3.59. The Balaban J connectivity index is 2.14. The third-order valence-electron chi connectivity index (χ3n) is 4.63. The van der Waals surface area contributed by atoms with Crippen molar-refractivity contribution in [2.24, 2.45) is 0 Å². The van der Waals surface area contributed by atoms with Gasteiger partial charge in [0.25, 0.3) is 0 Å². The van der Waals surface area contributed by atoms with E-state index in [4.69, 9.17) is 25.8 Å². The van der Waals surface area contributed by atoms with Gasteiger partial charge in [-0.2, -0.15) is 0 Å². The number of ether oxygens (including phenoxy) is 3. The predicted octanol–water partition coefficient (Wildman–Crippen LogP) is 4.30. The van der Waals surface area contributed by atoms with E-state index in [0.717, 1.165) is 46.4 Å². The topological polar surface area (TPSA) is 39.7 Å². The van der Waals surface area contributed by atoms with E-state index in [0.29, 0.717) is 6.61 Å². The second-order valence-corrected chi connectivity index (χ2v) is 6.49. The maximum absolute atomic E-state index is 6.39. The van der Waals surface area contributed by atoms with Gasteiger partial charge in [-0.15, -0.1) is 0 Å². The summed E-state index contributed by atoms with van der Waals surface area (Å²) in [6, 6.07) is 8.04. The summed E-state index contributed by atoms with van der Waals surface area (Å²) >= 11 is 6.39. The SMILES string of the molecule is CCOc1c(OC)ccc2c1CCNC2c1cc(Cl)c(C)cc1OC. The molecule has 25 heavy (non-hydrogen) atoms. The largest absolute Gasteiger partial charge is 0.496 e. The zero-order valence-electron chi connectivity index (χ0n) is 15.1. The molecule has 1 atom stereocenters. The van der Waals surface area contributed by atoms with Crippen molar-refractivity contribution in [1.82, 2.24) is 5.32 Å². The van der Waals surface area contributed by atoms with Gasteiger partial charge in [0.2, 0.25) is 0 Å². The average Bonchev–Trinajstić information content (AvgIpc) is 2.63. The van der Waals surface area contributed by atoms with Gasteiger partial charge in [-0.1, -0.05) is 17.7 Å². The number of hydrogen-bond acceptors (Lipinski definition) is 4. The van der Waals surface area contributed by atoms with E-state index >= 15 is 0 Å². The minimum atomic E-state index is 0.00177. The standard InChI is InChI=1S/C20H24ClNO3/c1-5-25-20-14-8-9-22-19(13(14)6-7-17(20)23-3)15-11-16(21)12(2)10-18(15)24-4/h6-7,10-11,19,22H,5,8-9H2,1-4H3. The summed E-state index contributed by atoms with van der Waals surface area (Å²) in [5.41, 5.74) is 4.40. The fourth-order valence-electron chi connectivity index (χ4n) is 3.41. The van der Waals surface area contributed by atoms with Crippen molar-refractivity contribution in [2.75, 3.05) is 27.4 Å². The van der Waals surface area contributed by atoms with Gasteiger partial charge in [0.15, 0.2) is 11.5 Å². The Bertz CT molecular complexity index is 776. The van der Waals surface area contributed by atoms with Gasteiger partial charge < -0.3 is 19.5 Å². The number of benzene rings is 2. The molecule has 1 heterocycles. The summed E-state index contributed by atoms with van der Waals surface area (Å²) in [6.45, 7) is 5.42. The molecule has 1 N–H and O–H groups in total. The Hall–Kier alpha value is -1.91. The zero-order chi connectivity index (χ0) is 18.0. The summed E-state index contributed by atoms with van der Waals surface area (Å²) in [4.78, 5) is 0. The lowest BCUT2D eigenvalue weighted by Crippen LogP contribution is -2.31. The highest BCUT2D eigenvalue weighted by molar-refractivity contribution is 6.31. The number of methoxy groups -OCH3 is 2. The smallest absolute Gasteiger partial charge is 0.164 e. The van der Waals surface area contributed by atoms with Crippen LogP contribution >= 0.6 is 11.6 Å². The summed E-state index contributed by atoms with van der Waals surface area (Å²) < 4.78 is 17.0. The first-order valence-electron chi connectivity index (χ1n) is 8.50. The number of fused-ring (bicyclic) bond motifs is 1. The summed E-state index contributed by atoms with van der Waals surface area (Å²) in [7, 11) is 3.36. The minimum absolute atomic E-state index is 0.00177. The number of rotatable bonds is 5. The Morgan fingerprint density at radius 3 is 2.56 bits per heavy atom. The quantitative estimate of drug-likeness (QED) is 0.861. The molecule has 1 aliphatic rings. The normalized spacial score (nSPS) is 16.3. The van der Waals surface area contributed by atoms with Gasteiger partial charge in [0.1, 0.15) is 5.75 Å². The molecule has 0 fully saturated rings. The first-order chi connectivity index (χ1) is 12.1. The number of nitrogens with one attached hydrogen (secondary N) is 1. The van der Waals surface area contributed by atoms with Crippen LogP contribution in [0.3, 0.4) is 0 Å². The number of hydrogen-bond donors (Lipinski definition) is 1. The zero-order valence-corrected chi connectivity index (χ0v) is 15.9. The number of halogens is 1. The lowest BCUT2D eigenvalue weighted by atomic mass is 9.88. The number of aryl methyl sites for hydroxylation is 1. The van der Waals surface area contributed by atoms with E-state index in [-0.39, 0.29) is 6.04 Å². The lowest BCUT2D eigenvalue weighted by Gasteiger charge is -2.30. The van der Waals surface area contributed by atoms with Crippen molar-refractivity contribution in [1.29, 1.82) is 0 Å². The van der Waals surface area contributed by atoms with Crippen LogP contribution in [0.5, 0.6) is 17.2 Å². The van der Waals surface area contributed by atoms with Crippen LogP contribution in [-0.2, 0) is 6.42 Å². The molecule has 1 aliphatic heterocycles. The Labute approximate surface area is 154 Å². The average molecular weight is 362 g/mol. The third-order valence-corrected chi connectivity index (χ3v) is 5.03. The van der Waals surface area contributed by atoms with E-state index in [1.54, 1.807) is 14.2 Å². The van der Waals surface area contributed by atoms with E-state index in [9.17, 15) is 0 Å². The molecule has 2 aromatic carbocycles. The predicted molar refractivity (Wildman–Crippen MR) is 100 cm³/mol. The fraction of sp³-hybridized carbons (Fsp3) is 0.400. The summed E-state index contributed by atoms with van der Waals surface area (Å²) in [6.07, 6.45) is 0.889. The molecular weight excluding hydrogens is 338 g/mol. The molecule has 1 unspecified atom stereocenters. The van der Waals surface area contributed by atoms with E-state index in [2.05, 4.69) is 11.4 Å². The maximum atomic E-state index is 6.39. The van der Waals surface area contributed by atoms with Crippen LogP contribution in [0, 0.1) is 6.92 Å². The van der Waals surface area contributed by atoms with Crippen molar-refractivity contribution >= 4 is 11.6 Å². The molecule has 0 bridgehead atoms. The van der Waals surface area contributed by atoms with E-state index < -0.39 is 0 Å². The molecule has 0 aromatic heterocycles. The highest BCUT2D eigenvalue weighted by atomic mass is 35.5. The van der Waals surface area contributed by atoms with Crippen molar-refractivity contribution in [3.63, 3.8) is 0 Å². The molecule has 0 aliphatic carbocycles. The monoisotopic (exact) mass is 361 g/mol. The lowest BCUT2D eigenvalue weighted by molar-refractivity contribution is 0.305. The summed E-state index contributed by atoms with van der Waals surface area (Å²) in [5, 5.41) is 4.32. The van der Waals surface area contributed by atoms with Crippen LogP contribution in [0.1, 0.15) is 35.2 Å². The molecule has 0 saturated carbocycles. The van der Waals surface area contributed by atoms with Crippen LogP contribution in [-0.4, -0.2) is 27.4 Å². The molecule has 0 saturated heterocycles. The molecule has 0 amide bonds. The van der Waals surface area contributed by atoms with Gasteiger partial charge in [0.05, 0.1) is 26.9 Å². The minimum Gasteiger partial charge on any atom is -0.496 e. The van der Waals surface area contributed by atoms with E-state index in [1.165, 1.54) is 11.1 Å². The van der Waals surface area contributed by atoms with Crippen LogP contribution < -0.4 is 19.5 Å². The molecule has 5 heteroatoms. The van der Waals surface area contributed by atoms with Crippen LogP contribution in [0.15, 0.2) is 24.3 Å². The molecule has 134 valence electrons. The molecule has 0 spiro atoms.